The van der Waals surface area contributed by atoms with Gasteiger partial charge in [0.05, 0.1) is 12.6 Å². The van der Waals surface area contributed by atoms with Crippen molar-refractivity contribution >= 4 is 17.6 Å². The van der Waals surface area contributed by atoms with Crippen molar-refractivity contribution in [1.82, 2.24) is 20.4 Å². The number of hydrogen-bond acceptors (Lipinski definition) is 3. The number of hydrogen-bond donors (Lipinski definition) is 2. The molecule has 2 N–H and O–H groups in total. The van der Waals surface area contributed by atoms with Gasteiger partial charge in [0.25, 0.3) is 0 Å². The molecule has 1 aromatic heterocycles. The maximum absolute atomic E-state index is 12.1. The third-order valence-corrected chi connectivity index (χ3v) is 3.75. The molecule has 124 valence electrons. The maximum Gasteiger partial charge on any atom is 0.315 e. The average molecular weight is 337 g/mol. The van der Waals surface area contributed by atoms with Gasteiger partial charge in [-0.05, 0) is 23.8 Å². The molecule has 7 heteroatoms. The Morgan fingerprint density at radius 2 is 2.09 bits per heavy atom. The summed E-state index contributed by atoms with van der Waals surface area (Å²) < 4.78 is 6.97. The highest BCUT2D eigenvalue weighted by atomic mass is 35.5. The van der Waals surface area contributed by atoms with Gasteiger partial charge in [-0.15, -0.1) is 0 Å². The van der Waals surface area contributed by atoms with Gasteiger partial charge in [-0.25, -0.2) is 4.79 Å². The van der Waals surface area contributed by atoms with Crippen molar-refractivity contribution in [2.75, 3.05) is 20.3 Å². The van der Waals surface area contributed by atoms with Crippen LogP contribution in [0.4, 0.5) is 4.79 Å². The average Bonchev–Trinajstić information content (AvgIpc) is 2.93. The number of carbonyl (C=O) groups excluding carboxylic acids is 1. The van der Waals surface area contributed by atoms with E-state index in [4.69, 9.17) is 16.3 Å². The highest BCUT2D eigenvalue weighted by Crippen LogP contribution is 2.16. The molecule has 0 unspecified atom stereocenters. The SMILES string of the molecule is COC[C@H](NC(=O)NCCc1ccnn1C)c1ccc(Cl)cc1. The summed E-state index contributed by atoms with van der Waals surface area (Å²) in [6.07, 6.45) is 2.46. The number of aryl methyl sites for hydroxylation is 1. The number of nitrogens with zero attached hydrogens (tertiary/aromatic N) is 2. The van der Waals surface area contributed by atoms with E-state index < -0.39 is 0 Å². The van der Waals surface area contributed by atoms with Crippen LogP contribution in [-0.2, 0) is 18.2 Å². The Labute approximate surface area is 140 Å². The molecule has 2 rings (SSSR count). The van der Waals surface area contributed by atoms with Crippen molar-refractivity contribution in [3.8, 4) is 0 Å². The van der Waals surface area contributed by atoms with E-state index in [1.54, 1.807) is 30.1 Å². The van der Waals surface area contributed by atoms with Crippen LogP contribution in [0.2, 0.25) is 5.02 Å². The molecule has 0 aliphatic carbocycles. The molecule has 2 amide bonds. The lowest BCUT2D eigenvalue weighted by Crippen LogP contribution is -2.40. The second-order valence-corrected chi connectivity index (χ2v) is 5.59. The molecule has 6 nitrogen and oxygen atoms in total. The minimum Gasteiger partial charge on any atom is -0.382 e. The standard InChI is InChI=1S/C16H21ClN4O2/c1-21-14(8-10-19-21)7-9-18-16(22)20-15(11-23-2)12-3-5-13(17)6-4-12/h3-6,8,10,15H,7,9,11H2,1-2H3,(H2,18,20,22)/t15-/m0/s1. The molecule has 0 saturated heterocycles. The molecule has 1 aromatic carbocycles. The predicted molar refractivity (Wildman–Crippen MR) is 89.5 cm³/mol. The largest absolute Gasteiger partial charge is 0.382 e. The zero-order valence-corrected chi connectivity index (χ0v) is 14.0. The number of amides is 2. The second-order valence-electron chi connectivity index (χ2n) is 5.16. The monoisotopic (exact) mass is 336 g/mol. The van der Waals surface area contributed by atoms with E-state index in [-0.39, 0.29) is 12.1 Å². The molecule has 0 fully saturated rings. The molecule has 2 aromatic rings. The van der Waals surface area contributed by atoms with Crippen molar-refractivity contribution in [3.05, 3.63) is 52.8 Å². The van der Waals surface area contributed by atoms with Crippen molar-refractivity contribution in [2.24, 2.45) is 7.05 Å². The first-order valence-electron chi connectivity index (χ1n) is 7.36. The van der Waals surface area contributed by atoms with Crippen LogP contribution in [0.3, 0.4) is 0 Å². The van der Waals surface area contributed by atoms with Gasteiger partial charge in [0.15, 0.2) is 0 Å². The summed E-state index contributed by atoms with van der Waals surface area (Å²) in [6.45, 7) is 0.919. The van der Waals surface area contributed by atoms with Gasteiger partial charge in [0.1, 0.15) is 0 Å². The Morgan fingerprint density at radius 1 is 1.35 bits per heavy atom. The van der Waals surface area contributed by atoms with Gasteiger partial charge < -0.3 is 15.4 Å². The number of methoxy groups -OCH3 is 1. The molecule has 1 heterocycles. The fraction of sp³-hybridized carbons (Fsp3) is 0.375. The zero-order valence-electron chi connectivity index (χ0n) is 13.3. The number of carbonyl (C=O) groups is 1. The molecule has 1 atom stereocenters. The number of nitrogens with one attached hydrogen (secondary N) is 2. The predicted octanol–water partition coefficient (Wildman–Crippen LogP) is 2.30. The lowest BCUT2D eigenvalue weighted by Gasteiger charge is -2.19. The van der Waals surface area contributed by atoms with Gasteiger partial charge in [0.2, 0.25) is 0 Å². The van der Waals surface area contributed by atoms with Crippen LogP contribution in [0.15, 0.2) is 36.5 Å². The molecule has 0 aliphatic rings. The fourth-order valence-corrected chi connectivity index (χ4v) is 2.37. The summed E-state index contributed by atoms with van der Waals surface area (Å²) in [6, 6.07) is 8.81. The van der Waals surface area contributed by atoms with E-state index in [1.165, 1.54) is 0 Å². The van der Waals surface area contributed by atoms with Crippen LogP contribution in [0.1, 0.15) is 17.3 Å². The summed E-state index contributed by atoms with van der Waals surface area (Å²) in [5.41, 5.74) is 2.01. The summed E-state index contributed by atoms with van der Waals surface area (Å²) in [7, 11) is 3.48. The van der Waals surface area contributed by atoms with Crippen molar-refractivity contribution in [2.45, 2.75) is 12.5 Å². The van der Waals surface area contributed by atoms with E-state index in [1.807, 2.05) is 25.2 Å². The fourth-order valence-electron chi connectivity index (χ4n) is 2.24. The molecule has 0 bridgehead atoms. The molecular weight excluding hydrogens is 316 g/mol. The summed E-state index contributed by atoms with van der Waals surface area (Å²) in [5.74, 6) is 0. The molecule has 0 radical (unpaired) electrons. The van der Waals surface area contributed by atoms with Crippen LogP contribution < -0.4 is 10.6 Å². The lowest BCUT2D eigenvalue weighted by atomic mass is 10.1. The number of halogens is 1. The van der Waals surface area contributed by atoms with Crippen LogP contribution in [-0.4, -0.2) is 36.1 Å². The second kappa shape index (κ2) is 8.55. The molecular formula is C16H21ClN4O2. The third kappa shape index (κ3) is 5.26. The quantitative estimate of drug-likeness (QED) is 0.815. The number of rotatable bonds is 7. The first-order valence-corrected chi connectivity index (χ1v) is 7.73. The van der Waals surface area contributed by atoms with Crippen molar-refractivity contribution in [1.29, 1.82) is 0 Å². The lowest BCUT2D eigenvalue weighted by molar-refractivity contribution is 0.166. The topological polar surface area (TPSA) is 68.2 Å². The van der Waals surface area contributed by atoms with Gasteiger partial charge in [-0.1, -0.05) is 23.7 Å². The molecule has 23 heavy (non-hydrogen) atoms. The van der Waals surface area contributed by atoms with Crippen molar-refractivity contribution < 1.29 is 9.53 Å². The Kier molecular flexibility index (Phi) is 6.43. The Bertz CT molecular complexity index is 627. The molecule has 0 aliphatic heterocycles. The number of benzene rings is 1. The third-order valence-electron chi connectivity index (χ3n) is 3.50. The Balaban J connectivity index is 1.85. The van der Waals surface area contributed by atoms with Gasteiger partial charge in [-0.2, -0.15) is 5.10 Å². The van der Waals surface area contributed by atoms with Gasteiger partial charge in [0, 0.05) is 44.0 Å². The van der Waals surface area contributed by atoms with Gasteiger partial charge >= 0.3 is 6.03 Å². The smallest absolute Gasteiger partial charge is 0.315 e. The van der Waals surface area contributed by atoms with Gasteiger partial charge in [-0.3, -0.25) is 4.68 Å². The first kappa shape index (κ1) is 17.3. The Morgan fingerprint density at radius 3 is 2.70 bits per heavy atom. The van der Waals surface area contributed by atoms with Crippen LogP contribution >= 0.6 is 11.6 Å². The molecule has 0 spiro atoms. The van der Waals surface area contributed by atoms with E-state index in [2.05, 4.69) is 15.7 Å². The van der Waals surface area contributed by atoms with Crippen LogP contribution in [0.5, 0.6) is 0 Å². The van der Waals surface area contributed by atoms with E-state index >= 15 is 0 Å². The number of ether oxygens (including phenoxy) is 1. The summed E-state index contributed by atoms with van der Waals surface area (Å²) in [5, 5.41) is 10.5. The first-order chi connectivity index (χ1) is 11.1. The van der Waals surface area contributed by atoms with Crippen LogP contribution in [0.25, 0.3) is 0 Å². The minimum atomic E-state index is -0.232. The number of aromatic nitrogens is 2. The highest BCUT2D eigenvalue weighted by Gasteiger charge is 2.14. The number of urea groups is 1. The normalized spacial score (nSPS) is 12.0. The Hall–Kier alpha value is -2.05. The van der Waals surface area contributed by atoms with E-state index in [0.29, 0.717) is 18.2 Å². The zero-order chi connectivity index (χ0) is 16.7. The summed E-state index contributed by atoms with van der Waals surface area (Å²) >= 11 is 5.89. The van der Waals surface area contributed by atoms with E-state index in [0.717, 1.165) is 17.7 Å². The summed E-state index contributed by atoms with van der Waals surface area (Å²) in [4.78, 5) is 12.1. The van der Waals surface area contributed by atoms with Crippen molar-refractivity contribution in [3.63, 3.8) is 0 Å². The van der Waals surface area contributed by atoms with E-state index in [9.17, 15) is 4.79 Å². The maximum atomic E-state index is 12.1. The van der Waals surface area contributed by atoms with Crippen LogP contribution in [0, 0.1) is 0 Å². The molecule has 0 saturated carbocycles. The minimum absolute atomic E-state index is 0.228. The highest BCUT2D eigenvalue weighted by molar-refractivity contribution is 6.30.